The van der Waals surface area contributed by atoms with Crippen LogP contribution in [0.25, 0.3) is 10.9 Å². The summed E-state index contributed by atoms with van der Waals surface area (Å²) in [5.74, 6) is -1.63. The quantitative estimate of drug-likeness (QED) is 0.155. The average Bonchev–Trinajstić information content (AvgIpc) is 3.26. The zero-order chi connectivity index (χ0) is 33.9. The minimum Gasteiger partial charge on any atom is -0.497 e. The maximum Gasteiger partial charge on any atom is 0.289 e. The average molecular weight is 690 g/mol. The molecule has 0 saturated heterocycles. The van der Waals surface area contributed by atoms with Crippen LogP contribution in [0.2, 0.25) is 10.0 Å². The third-order valence-corrected chi connectivity index (χ3v) is 9.11. The highest BCUT2D eigenvalue weighted by Gasteiger charge is 2.29. The zero-order valence-corrected chi connectivity index (χ0v) is 27.5. The Bertz CT molecular complexity index is 1960. The molecule has 0 saturated carbocycles. The lowest BCUT2D eigenvalue weighted by Gasteiger charge is -2.20. The van der Waals surface area contributed by atoms with E-state index in [1.165, 1.54) is 11.7 Å². The van der Waals surface area contributed by atoms with Crippen LogP contribution in [0.1, 0.15) is 41.9 Å². The number of amides is 2. The summed E-state index contributed by atoms with van der Waals surface area (Å²) in [5, 5.41) is 14.6. The third kappa shape index (κ3) is 7.49. The maximum atomic E-state index is 13.6. The summed E-state index contributed by atoms with van der Waals surface area (Å²) in [5.41, 5.74) is 1.23. The van der Waals surface area contributed by atoms with E-state index in [1.54, 1.807) is 63.2 Å². The molecule has 0 aliphatic carbocycles. The first-order valence-electron chi connectivity index (χ1n) is 13.9. The summed E-state index contributed by atoms with van der Waals surface area (Å²) >= 11 is 11.8. The Labute approximate surface area is 274 Å². The van der Waals surface area contributed by atoms with Crippen LogP contribution < -0.4 is 14.8 Å². The number of fused-ring (bicyclic) bond motifs is 1. The van der Waals surface area contributed by atoms with E-state index in [2.05, 4.69) is 5.32 Å². The Morgan fingerprint density at radius 3 is 2.30 bits per heavy atom. The van der Waals surface area contributed by atoms with Gasteiger partial charge in [0.2, 0.25) is 5.91 Å². The molecule has 4 aromatic rings. The Kier molecular flexibility index (Phi) is 10.4. The molecular formula is C31H30Cl2N4O8S. The minimum atomic E-state index is -4.56. The normalized spacial score (nSPS) is 12.2. The van der Waals surface area contributed by atoms with Crippen molar-refractivity contribution in [3.63, 3.8) is 0 Å². The van der Waals surface area contributed by atoms with Crippen LogP contribution in [0, 0.1) is 23.0 Å². The van der Waals surface area contributed by atoms with E-state index in [1.807, 2.05) is 4.72 Å². The van der Waals surface area contributed by atoms with Crippen molar-refractivity contribution in [2.45, 2.75) is 44.6 Å². The van der Waals surface area contributed by atoms with Crippen molar-refractivity contribution in [3.8, 4) is 5.75 Å². The lowest BCUT2D eigenvalue weighted by atomic mass is 10.0. The summed E-state index contributed by atoms with van der Waals surface area (Å²) < 4.78 is 34.7. The fraction of sp³-hybridized carbons (Fsp3) is 0.258. The molecule has 242 valence electrons. The number of methoxy groups -OCH3 is 1. The third-order valence-electron chi connectivity index (χ3n) is 7.19. The van der Waals surface area contributed by atoms with E-state index in [0.717, 1.165) is 18.2 Å². The van der Waals surface area contributed by atoms with E-state index in [0.29, 0.717) is 38.5 Å². The lowest BCUT2D eigenvalue weighted by Crippen LogP contribution is -2.49. The second kappa shape index (κ2) is 13.9. The number of nitrogens with zero attached hydrogens (tertiary/aromatic N) is 2. The molecule has 0 fully saturated rings. The van der Waals surface area contributed by atoms with Gasteiger partial charge in [0.05, 0.1) is 28.9 Å². The monoisotopic (exact) mass is 688 g/mol. The Morgan fingerprint density at radius 1 is 1.02 bits per heavy atom. The number of ether oxygens (including phenoxy) is 1. The second-order valence-corrected chi connectivity index (χ2v) is 13.4. The first kappa shape index (κ1) is 34.4. The predicted molar refractivity (Wildman–Crippen MR) is 173 cm³/mol. The van der Waals surface area contributed by atoms with Crippen LogP contribution in [0.3, 0.4) is 0 Å². The molecule has 2 N–H and O–H groups in total. The van der Waals surface area contributed by atoms with E-state index >= 15 is 0 Å². The number of rotatable bonds is 11. The molecule has 2 amide bonds. The van der Waals surface area contributed by atoms with Crippen molar-refractivity contribution < 1.29 is 32.5 Å². The summed E-state index contributed by atoms with van der Waals surface area (Å²) in [6.07, 6.45) is -0.175. The molecule has 3 aromatic carbocycles. The van der Waals surface area contributed by atoms with Crippen LogP contribution in [0.4, 0.5) is 5.69 Å². The van der Waals surface area contributed by atoms with E-state index < -0.39 is 43.4 Å². The van der Waals surface area contributed by atoms with Crippen molar-refractivity contribution in [2.24, 2.45) is 5.92 Å². The Hall–Kier alpha value is -4.46. The van der Waals surface area contributed by atoms with Gasteiger partial charge in [0, 0.05) is 27.7 Å². The van der Waals surface area contributed by atoms with Gasteiger partial charge in [-0.05, 0) is 79.4 Å². The Balaban J connectivity index is 1.63. The highest BCUT2D eigenvalue weighted by Crippen LogP contribution is 2.31. The highest BCUT2D eigenvalue weighted by atomic mass is 35.5. The largest absolute Gasteiger partial charge is 0.497 e. The standard InChI is InChI=1S/C31H30Cl2N4O8S/c1-17(2)13-26(30(39)35-46(43,44)22-10-11-25(33)28(15-22)37(41)42)34-29(38)16-23-18(3)36(27-12-9-21(45-4)14-24(23)27)31(40)19-5-7-20(32)8-6-19/h5-12,14-15,17,26H,13,16H2,1-4H3,(H,34,38)(H,35,39)/t26-/m0/s1. The number of carbonyl (C=O) groups is 3. The number of nitro groups is 1. The smallest absolute Gasteiger partial charge is 0.289 e. The summed E-state index contributed by atoms with van der Waals surface area (Å²) in [7, 11) is -3.08. The number of sulfonamides is 1. The number of nitro benzene ring substituents is 1. The number of halogens is 2. The van der Waals surface area contributed by atoms with Gasteiger partial charge < -0.3 is 10.1 Å². The number of benzene rings is 3. The van der Waals surface area contributed by atoms with Crippen molar-refractivity contribution in [3.05, 3.63) is 97.6 Å². The minimum absolute atomic E-state index is 0.0808. The molecule has 1 heterocycles. The molecule has 1 atom stereocenters. The molecular weight excluding hydrogens is 659 g/mol. The van der Waals surface area contributed by atoms with Crippen molar-refractivity contribution in [1.82, 2.24) is 14.6 Å². The van der Waals surface area contributed by atoms with E-state index in [4.69, 9.17) is 27.9 Å². The SMILES string of the molecule is COc1ccc2c(c1)c(CC(=O)N[C@@H](CC(C)C)C(=O)NS(=O)(=O)c1ccc(Cl)c([N+](=O)[O-])c1)c(C)n2C(=O)c1ccc(Cl)cc1. The molecule has 0 bridgehead atoms. The van der Waals surface area contributed by atoms with Gasteiger partial charge in [-0.1, -0.05) is 37.0 Å². The molecule has 4 rings (SSSR count). The summed E-state index contributed by atoms with van der Waals surface area (Å²) in [4.78, 5) is 50.2. The molecule has 0 aliphatic heterocycles. The molecule has 0 spiro atoms. The predicted octanol–water partition coefficient (Wildman–Crippen LogP) is 5.44. The van der Waals surface area contributed by atoms with Crippen molar-refractivity contribution in [1.29, 1.82) is 0 Å². The van der Waals surface area contributed by atoms with Crippen LogP contribution in [0.15, 0.2) is 65.6 Å². The fourth-order valence-corrected chi connectivity index (χ4v) is 6.32. The number of carbonyl (C=O) groups excluding carboxylic acids is 3. The molecule has 46 heavy (non-hydrogen) atoms. The van der Waals surface area contributed by atoms with Gasteiger partial charge in [-0.15, -0.1) is 0 Å². The van der Waals surface area contributed by atoms with Crippen LogP contribution in [0.5, 0.6) is 5.75 Å². The van der Waals surface area contributed by atoms with Gasteiger partial charge in [0.1, 0.15) is 16.8 Å². The van der Waals surface area contributed by atoms with Crippen LogP contribution >= 0.6 is 23.2 Å². The van der Waals surface area contributed by atoms with Crippen LogP contribution in [-0.4, -0.2) is 48.8 Å². The van der Waals surface area contributed by atoms with E-state index in [9.17, 15) is 32.9 Å². The van der Waals surface area contributed by atoms with Gasteiger partial charge in [0.25, 0.3) is 27.5 Å². The highest BCUT2D eigenvalue weighted by molar-refractivity contribution is 7.90. The number of aromatic nitrogens is 1. The van der Waals surface area contributed by atoms with Crippen molar-refractivity contribution in [2.75, 3.05) is 7.11 Å². The molecule has 1 aromatic heterocycles. The first-order valence-corrected chi connectivity index (χ1v) is 16.1. The number of hydrogen-bond acceptors (Lipinski definition) is 8. The van der Waals surface area contributed by atoms with Crippen molar-refractivity contribution >= 4 is 67.5 Å². The molecule has 0 aliphatic rings. The maximum absolute atomic E-state index is 13.6. The lowest BCUT2D eigenvalue weighted by molar-refractivity contribution is -0.384. The fourth-order valence-electron chi connectivity index (χ4n) is 4.97. The molecule has 15 heteroatoms. The zero-order valence-electron chi connectivity index (χ0n) is 25.2. The van der Waals surface area contributed by atoms with Gasteiger partial charge in [-0.25, -0.2) is 13.1 Å². The molecule has 0 unspecified atom stereocenters. The second-order valence-electron chi connectivity index (χ2n) is 10.9. The van der Waals surface area contributed by atoms with Crippen LogP contribution in [-0.2, 0) is 26.0 Å². The van der Waals surface area contributed by atoms with Gasteiger partial charge in [-0.2, -0.15) is 0 Å². The first-order chi connectivity index (χ1) is 21.6. The number of hydrogen-bond donors (Lipinski definition) is 2. The topological polar surface area (TPSA) is 167 Å². The van der Waals surface area contributed by atoms with Gasteiger partial charge in [0.15, 0.2) is 0 Å². The number of nitrogens with one attached hydrogen (secondary N) is 2. The van der Waals surface area contributed by atoms with Gasteiger partial charge in [-0.3, -0.25) is 29.1 Å². The summed E-state index contributed by atoms with van der Waals surface area (Å²) in [6.45, 7) is 5.27. The van der Waals surface area contributed by atoms with E-state index in [-0.39, 0.29) is 29.7 Å². The molecule has 12 nitrogen and oxygen atoms in total. The molecule has 0 radical (unpaired) electrons. The van der Waals surface area contributed by atoms with Gasteiger partial charge >= 0.3 is 0 Å². The Morgan fingerprint density at radius 2 is 1.70 bits per heavy atom. The summed E-state index contributed by atoms with van der Waals surface area (Å²) in [6, 6.07) is 13.0.